The molecule has 2 heterocycles. The zero-order valence-corrected chi connectivity index (χ0v) is 31.3. The molecule has 276 valence electrons. The molecule has 0 spiro atoms. The first-order valence-electron chi connectivity index (χ1n) is 17.3. The first kappa shape index (κ1) is 38.9. The standard InChI is InChI=1S/C39H47N4O8P/c1-28(2)42(29(3)4)52(49-25-11-23-40)51-35-26-38(41-24-10-14-37(41)43(44)45)50-36(35)27-48-39(30-12-8-7-9-13-30,31-15-19-33(46-5)20-16-31)32-17-21-34(47-6)22-18-32/h7-10,12-22,24,28-29,35-36,38H,11,25-27H2,1-6H3/t35-,36+,38+,52?/m0/s1. The quantitative estimate of drug-likeness (QED) is 0.0324. The van der Waals surface area contributed by atoms with Crippen LogP contribution in [0.2, 0.25) is 0 Å². The largest absolute Gasteiger partial charge is 0.497 e. The highest BCUT2D eigenvalue weighted by Gasteiger charge is 2.46. The molecule has 1 fully saturated rings. The van der Waals surface area contributed by atoms with Gasteiger partial charge in [-0.15, -0.1) is 0 Å². The summed E-state index contributed by atoms with van der Waals surface area (Å²) in [4.78, 5) is 11.6. The number of nitrogens with zero attached hydrogens (tertiary/aromatic N) is 4. The van der Waals surface area contributed by atoms with Crippen molar-refractivity contribution in [2.75, 3.05) is 27.4 Å². The van der Waals surface area contributed by atoms with Gasteiger partial charge in [-0.2, -0.15) is 5.26 Å². The molecule has 0 N–H and O–H groups in total. The summed E-state index contributed by atoms with van der Waals surface area (Å²) in [5, 5.41) is 21.3. The number of hydrogen-bond donors (Lipinski definition) is 0. The Balaban J connectivity index is 1.58. The van der Waals surface area contributed by atoms with E-state index in [-0.39, 0.29) is 37.5 Å². The average molecular weight is 731 g/mol. The van der Waals surface area contributed by atoms with Crippen molar-refractivity contribution in [3.8, 4) is 17.6 Å². The number of nitro groups is 1. The van der Waals surface area contributed by atoms with Crippen LogP contribution in [0.4, 0.5) is 5.82 Å². The highest BCUT2D eigenvalue weighted by Crippen LogP contribution is 2.51. The van der Waals surface area contributed by atoms with Crippen LogP contribution in [0.1, 0.15) is 63.5 Å². The van der Waals surface area contributed by atoms with Crippen LogP contribution in [-0.4, -0.2) is 65.9 Å². The molecule has 1 aromatic heterocycles. The second-order valence-corrected chi connectivity index (χ2v) is 14.3. The molecule has 12 nitrogen and oxygen atoms in total. The Kier molecular flexibility index (Phi) is 13.4. The normalized spacial score (nSPS) is 18.1. The van der Waals surface area contributed by atoms with E-state index in [4.69, 9.17) is 28.0 Å². The molecule has 1 saturated heterocycles. The molecule has 1 aliphatic rings. The first-order valence-corrected chi connectivity index (χ1v) is 18.5. The fourth-order valence-electron chi connectivity index (χ4n) is 6.61. The Bertz CT molecular complexity index is 1710. The lowest BCUT2D eigenvalue weighted by Crippen LogP contribution is -2.39. The molecule has 4 atom stereocenters. The van der Waals surface area contributed by atoms with E-state index >= 15 is 0 Å². The molecule has 4 aromatic rings. The van der Waals surface area contributed by atoms with E-state index in [1.54, 1.807) is 26.5 Å². The average Bonchev–Trinajstić information content (AvgIpc) is 3.80. The molecular weight excluding hydrogens is 683 g/mol. The fraction of sp³-hybridized carbons (Fsp3) is 0.410. The molecule has 5 rings (SSSR count). The predicted molar refractivity (Wildman–Crippen MR) is 198 cm³/mol. The van der Waals surface area contributed by atoms with E-state index in [1.165, 1.54) is 10.6 Å². The van der Waals surface area contributed by atoms with Crippen LogP contribution >= 0.6 is 8.53 Å². The minimum absolute atomic E-state index is 0.0495. The highest BCUT2D eigenvalue weighted by atomic mass is 31.2. The lowest BCUT2D eigenvalue weighted by molar-refractivity contribution is -0.393. The molecule has 1 aliphatic heterocycles. The Labute approximate surface area is 306 Å². The van der Waals surface area contributed by atoms with E-state index in [0.29, 0.717) is 17.9 Å². The Morgan fingerprint density at radius 1 is 0.923 bits per heavy atom. The van der Waals surface area contributed by atoms with Crippen LogP contribution in [-0.2, 0) is 24.1 Å². The van der Waals surface area contributed by atoms with Crippen LogP contribution in [0.15, 0.2) is 97.2 Å². The summed E-state index contributed by atoms with van der Waals surface area (Å²) in [7, 11) is 1.60. The smallest absolute Gasteiger partial charge is 0.325 e. The molecule has 3 aromatic carbocycles. The van der Waals surface area contributed by atoms with Crippen molar-refractivity contribution < 1.29 is 32.9 Å². The van der Waals surface area contributed by atoms with E-state index in [1.807, 2.05) is 78.9 Å². The molecule has 1 unspecified atom stereocenters. The van der Waals surface area contributed by atoms with Crippen molar-refractivity contribution >= 4 is 14.3 Å². The first-order chi connectivity index (χ1) is 25.1. The van der Waals surface area contributed by atoms with Crippen molar-refractivity contribution in [3.63, 3.8) is 0 Å². The summed E-state index contributed by atoms with van der Waals surface area (Å²) in [5.41, 5.74) is 1.46. The maximum absolute atomic E-state index is 12.0. The van der Waals surface area contributed by atoms with Gasteiger partial charge in [-0.1, -0.05) is 54.6 Å². The maximum Gasteiger partial charge on any atom is 0.325 e. The van der Waals surface area contributed by atoms with E-state index in [0.717, 1.165) is 16.7 Å². The second-order valence-electron chi connectivity index (χ2n) is 12.9. The van der Waals surface area contributed by atoms with Crippen LogP contribution in [0.3, 0.4) is 0 Å². The molecule has 0 saturated carbocycles. The summed E-state index contributed by atoms with van der Waals surface area (Å²) in [5.74, 6) is 1.32. The van der Waals surface area contributed by atoms with Crippen molar-refractivity contribution in [2.45, 2.75) is 76.7 Å². The fourth-order valence-corrected chi connectivity index (χ4v) is 8.36. The zero-order chi connectivity index (χ0) is 37.3. The minimum atomic E-state index is -1.65. The highest BCUT2D eigenvalue weighted by molar-refractivity contribution is 7.44. The minimum Gasteiger partial charge on any atom is -0.497 e. The van der Waals surface area contributed by atoms with Crippen molar-refractivity contribution in [1.29, 1.82) is 5.26 Å². The van der Waals surface area contributed by atoms with Gasteiger partial charge in [-0.05, 0) is 79.6 Å². The van der Waals surface area contributed by atoms with Gasteiger partial charge in [0.25, 0.3) is 8.53 Å². The summed E-state index contributed by atoms with van der Waals surface area (Å²) in [6.07, 6.45) is 0.202. The molecule has 0 aliphatic carbocycles. The summed E-state index contributed by atoms with van der Waals surface area (Å²) >= 11 is 0. The Morgan fingerprint density at radius 2 is 1.50 bits per heavy atom. The molecule has 52 heavy (non-hydrogen) atoms. The van der Waals surface area contributed by atoms with Gasteiger partial charge in [0.1, 0.15) is 29.3 Å². The van der Waals surface area contributed by atoms with Gasteiger partial charge < -0.3 is 38.1 Å². The van der Waals surface area contributed by atoms with Crippen molar-refractivity contribution in [1.82, 2.24) is 9.24 Å². The number of methoxy groups -OCH3 is 2. The zero-order valence-electron chi connectivity index (χ0n) is 30.5. The molecule has 0 bridgehead atoms. The van der Waals surface area contributed by atoms with Gasteiger partial charge in [0.05, 0.1) is 46.1 Å². The maximum atomic E-state index is 12.0. The number of hydrogen-bond acceptors (Lipinski definition) is 10. The number of nitriles is 1. The third-order valence-corrected chi connectivity index (χ3v) is 11.1. The van der Waals surface area contributed by atoms with Crippen LogP contribution < -0.4 is 9.47 Å². The Morgan fingerprint density at radius 3 is 2.02 bits per heavy atom. The molecule has 0 radical (unpaired) electrons. The Hall–Kier alpha value is -4.34. The lowest BCUT2D eigenvalue weighted by atomic mass is 9.80. The lowest BCUT2D eigenvalue weighted by Gasteiger charge is -2.39. The molecular formula is C39H47N4O8P. The van der Waals surface area contributed by atoms with Gasteiger partial charge in [0.2, 0.25) is 6.23 Å². The topological polar surface area (TPSA) is 130 Å². The number of rotatable bonds is 18. The van der Waals surface area contributed by atoms with Crippen LogP contribution in [0, 0.1) is 21.4 Å². The van der Waals surface area contributed by atoms with Gasteiger partial charge >= 0.3 is 5.82 Å². The van der Waals surface area contributed by atoms with Crippen LogP contribution in [0.5, 0.6) is 11.5 Å². The van der Waals surface area contributed by atoms with Gasteiger partial charge in [0.15, 0.2) is 0 Å². The summed E-state index contributed by atoms with van der Waals surface area (Å²) in [6.45, 7) is 8.54. The monoisotopic (exact) mass is 730 g/mol. The molecule has 13 heteroatoms. The van der Waals surface area contributed by atoms with Crippen molar-refractivity contribution in [3.05, 3.63) is 124 Å². The third-order valence-electron chi connectivity index (χ3n) is 8.96. The van der Waals surface area contributed by atoms with Crippen molar-refractivity contribution in [2.24, 2.45) is 0 Å². The van der Waals surface area contributed by atoms with E-state index in [2.05, 4.69) is 38.4 Å². The third kappa shape index (κ3) is 8.64. The predicted octanol–water partition coefficient (Wildman–Crippen LogP) is 8.37. The number of ether oxygens (including phenoxy) is 4. The van der Waals surface area contributed by atoms with Crippen LogP contribution in [0.25, 0.3) is 0 Å². The summed E-state index contributed by atoms with van der Waals surface area (Å²) in [6, 6.07) is 30.9. The SMILES string of the molecule is COc1ccc(C(OC[C@H]2O[C@@H](n3cccc3[N+](=O)[O-])C[C@@H]2OP(OCCC#N)N(C(C)C)C(C)C)(c2ccccc2)c2ccc(OC)cc2)cc1. The molecule has 0 amide bonds. The van der Waals surface area contributed by atoms with Gasteiger partial charge in [-0.3, -0.25) is 0 Å². The number of benzene rings is 3. The van der Waals surface area contributed by atoms with Gasteiger partial charge in [0, 0.05) is 24.6 Å². The summed E-state index contributed by atoms with van der Waals surface area (Å²) < 4.78 is 41.7. The second kappa shape index (κ2) is 17.9. The van der Waals surface area contributed by atoms with E-state index in [9.17, 15) is 15.4 Å². The van der Waals surface area contributed by atoms with E-state index < -0.39 is 37.5 Å². The van der Waals surface area contributed by atoms with Gasteiger partial charge in [-0.25, -0.2) is 9.24 Å². The number of aromatic nitrogens is 1.